The minimum atomic E-state index is -4.57. The number of fused-ring (bicyclic) bond motifs is 1. The molecule has 36 heavy (non-hydrogen) atoms. The van der Waals surface area contributed by atoms with Gasteiger partial charge in [0.25, 0.3) is 5.56 Å². The zero-order chi connectivity index (χ0) is 25.9. The zero-order valence-corrected chi connectivity index (χ0v) is 19.2. The van der Waals surface area contributed by atoms with Crippen LogP contribution in [0.25, 0.3) is 22.3 Å². The summed E-state index contributed by atoms with van der Waals surface area (Å²) in [6.07, 6.45) is -3.23. The number of hydrogen-bond acceptors (Lipinski definition) is 6. The number of nitrogens with zero attached hydrogens (tertiary/aromatic N) is 3. The van der Waals surface area contributed by atoms with E-state index in [9.17, 15) is 22.8 Å². The number of para-hydroxylation sites is 1. The highest BCUT2D eigenvalue weighted by Crippen LogP contribution is 2.32. The molecule has 0 amide bonds. The van der Waals surface area contributed by atoms with Crippen LogP contribution in [0, 0.1) is 0 Å². The average molecular weight is 495 g/mol. The van der Waals surface area contributed by atoms with E-state index in [1.165, 1.54) is 31.3 Å². The highest BCUT2D eigenvalue weighted by Gasteiger charge is 2.31. The van der Waals surface area contributed by atoms with Crippen LogP contribution in [0.4, 0.5) is 13.2 Å². The monoisotopic (exact) mass is 495 g/mol. The highest BCUT2D eigenvalue weighted by atomic mass is 19.4. The molecule has 1 aromatic heterocycles. The predicted octanol–water partition coefficient (Wildman–Crippen LogP) is 5.29. The van der Waals surface area contributed by atoms with E-state index in [0.29, 0.717) is 23.4 Å². The van der Waals surface area contributed by atoms with Gasteiger partial charge in [0.15, 0.2) is 17.3 Å². The van der Waals surface area contributed by atoms with Crippen LogP contribution in [0.15, 0.2) is 76.6 Å². The van der Waals surface area contributed by atoms with Gasteiger partial charge in [0.05, 0.1) is 29.3 Å². The number of halogens is 3. The summed E-state index contributed by atoms with van der Waals surface area (Å²) in [5, 5.41) is 4.51. The Bertz CT molecular complexity index is 1530. The number of esters is 1. The van der Waals surface area contributed by atoms with Crippen molar-refractivity contribution in [2.75, 3.05) is 6.61 Å². The molecule has 0 saturated carbocycles. The van der Waals surface area contributed by atoms with Crippen molar-refractivity contribution in [3.8, 4) is 22.9 Å². The molecule has 0 N–H and O–H groups in total. The van der Waals surface area contributed by atoms with Gasteiger partial charge < -0.3 is 9.47 Å². The predicted molar refractivity (Wildman–Crippen MR) is 128 cm³/mol. The summed E-state index contributed by atoms with van der Waals surface area (Å²) in [5.74, 6) is -0.0612. The summed E-state index contributed by atoms with van der Waals surface area (Å²) in [4.78, 5) is 29.1. The molecular weight excluding hydrogens is 475 g/mol. The lowest BCUT2D eigenvalue weighted by molar-refractivity contribution is -0.137. The fourth-order valence-corrected chi connectivity index (χ4v) is 3.49. The van der Waals surface area contributed by atoms with E-state index in [-0.39, 0.29) is 22.5 Å². The van der Waals surface area contributed by atoms with Crippen LogP contribution in [0.5, 0.6) is 11.5 Å². The number of benzene rings is 3. The molecule has 0 unspecified atom stereocenters. The molecule has 7 nitrogen and oxygen atoms in total. The normalized spacial score (nSPS) is 11.7. The van der Waals surface area contributed by atoms with E-state index in [0.717, 1.165) is 16.8 Å². The van der Waals surface area contributed by atoms with Gasteiger partial charge in [-0.2, -0.15) is 22.9 Å². The second-order valence-electron chi connectivity index (χ2n) is 7.63. The van der Waals surface area contributed by atoms with E-state index in [1.807, 2.05) is 0 Å². The van der Waals surface area contributed by atoms with Crippen molar-refractivity contribution < 1.29 is 27.4 Å². The summed E-state index contributed by atoms with van der Waals surface area (Å²) in [6.45, 7) is 3.34. The molecule has 4 aromatic rings. The summed E-state index contributed by atoms with van der Waals surface area (Å²) in [7, 11) is 0. The van der Waals surface area contributed by atoms with E-state index in [1.54, 1.807) is 43.3 Å². The van der Waals surface area contributed by atoms with Gasteiger partial charge in [0, 0.05) is 12.5 Å². The summed E-state index contributed by atoms with van der Waals surface area (Å²) in [5.41, 5.74) is -0.536. The first-order chi connectivity index (χ1) is 17.2. The third-order valence-corrected chi connectivity index (χ3v) is 5.05. The second-order valence-corrected chi connectivity index (χ2v) is 7.63. The molecule has 0 aliphatic carbocycles. The Balaban J connectivity index is 1.86. The van der Waals surface area contributed by atoms with Crippen LogP contribution in [0.3, 0.4) is 0 Å². The molecule has 0 fully saturated rings. The third kappa shape index (κ3) is 5.27. The first-order valence-electron chi connectivity index (χ1n) is 10.9. The van der Waals surface area contributed by atoms with Gasteiger partial charge in [-0.05, 0) is 55.0 Å². The van der Waals surface area contributed by atoms with Gasteiger partial charge >= 0.3 is 12.1 Å². The quantitative estimate of drug-likeness (QED) is 0.206. The maximum Gasteiger partial charge on any atom is 0.416 e. The van der Waals surface area contributed by atoms with Crippen LogP contribution < -0.4 is 15.0 Å². The van der Waals surface area contributed by atoms with E-state index in [4.69, 9.17) is 9.47 Å². The standard InChI is InChI=1S/C26H20F3N3O4/c1-3-35-23-13-17(11-12-22(23)36-16(2)33)15-30-32-24(18-7-6-8-19(14-18)26(27,28)29)31-21-10-5-4-9-20(21)25(32)34/h4-15H,3H2,1-2H3. The van der Waals surface area contributed by atoms with E-state index >= 15 is 0 Å². The maximum absolute atomic E-state index is 13.3. The molecule has 10 heteroatoms. The van der Waals surface area contributed by atoms with Crippen molar-refractivity contribution in [3.63, 3.8) is 0 Å². The Kier molecular flexibility index (Phi) is 6.86. The van der Waals surface area contributed by atoms with Crippen molar-refractivity contribution >= 4 is 23.1 Å². The second kappa shape index (κ2) is 10.0. The molecule has 0 spiro atoms. The molecule has 0 saturated heterocycles. The van der Waals surface area contributed by atoms with Gasteiger partial charge in [-0.25, -0.2) is 4.98 Å². The van der Waals surface area contributed by atoms with Crippen LogP contribution >= 0.6 is 0 Å². The Hall–Kier alpha value is -4.47. The van der Waals surface area contributed by atoms with Gasteiger partial charge in [-0.1, -0.05) is 24.3 Å². The lowest BCUT2D eigenvalue weighted by atomic mass is 10.1. The zero-order valence-electron chi connectivity index (χ0n) is 19.2. The van der Waals surface area contributed by atoms with Gasteiger partial charge in [0.1, 0.15) is 0 Å². The van der Waals surface area contributed by atoms with Gasteiger partial charge in [-0.15, -0.1) is 0 Å². The minimum absolute atomic E-state index is 0.0531. The van der Waals surface area contributed by atoms with Crippen LogP contribution in [0.2, 0.25) is 0 Å². The lowest BCUT2D eigenvalue weighted by Gasteiger charge is -2.12. The smallest absolute Gasteiger partial charge is 0.416 e. The molecule has 4 rings (SSSR count). The third-order valence-electron chi connectivity index (χ3n) is 5.05. The SMILES string of the molecule is CCOc1cc(C=Nn2c(-c3cccc(C(F)(F)F)c3)nc3ccccc3c2=O)ccc1OC(C)=O. The van der Waals surface area contributed by atoms with Gasteiger partial charge in [-0.3, -0.25) is 9.59 Å². The molecular formula is C26H20F3N3O4. The summed E-state index contributed by atoms with van der Waals surface area (Å²) >= 11 is 0. The topological polar surface area (TPSA) is 82.8 Å². The van der Waals surface area contributed by atoms with Crippen molar-refractivity contribution in [2.45, 2.75) is 20.0 Å². The van der Waals surface area contributed by atoms with E-state index in [2.05, 4.69) is 10.1 Å². The Morgan fingerprint density at radius 3 is 2.56 bits per heavy atom. The van der Waals surface area contributed by atoms with Gasteiger partial charge in [0.2, 0.25) is 0 Å². The summed E-state index contributed by atoms with van der Waals surface area (Å²) in [6, 6.07) is 15.7. The van der Waals surface area contributed by atoms with Crippen molar-refractivity contribution in [1.82, 2.24) is 9.66 Å². The van der Waals surface area contributed by atoms with Crippen molar-refractivity contribution in [1.29, 1.82) is 0 Å². The average Bonchev–Trinajstić information content (AvgIpc) is 2.84. The Labute approximate surface area is 203 Å². The number of carbonyl (C=O) groups excluding carboxylic acids is 1. The Morgan fingerprint density at radius 2 is 1.83 bits per heavy atom. The molecule has 1 heterocycles. The molecule has 0 aliphatic rings. The lowest BCUT2D eigenvalue weighted by Crippen LogP contribution is -2.20. The summed E-state index contributed by atoms with van der Waals surface area (Å²) < 4.78 is 51.6. The largest absolute Gasteiger partial charge is 0.490 e. The first kappa shape index (κ1) is 24.6. The van der Waals surface area contributed by atoms with Crippen molar-refractivity contribution in [2.24, 2.45) is 5.10 Å². The van der Waals surface area contributed by atoms with Crippen LogP contribution in [-0.2, 0) is 11.0 Å². The molecule has 0 bridgehead atoms. The molecule has 3 aromatic carbocycles. The Morgan fingerprint density at radius 1 is 1.06 bits per heavy atom. The van der Waals surface area contributed by atoms with Crippen LogP contribution in [0.1, 0.15) is 25.0 Å². The molecule has 0 aliphatic heterocycles. The van der Waals surface area contributed by atoms with E-state index < -0.39 is 23.3 Å². The highest BCUT2D eigenvalue weighted by molar-refractivity contribution is 5.83. The first-order valence-corrected chi connectivity index (χ1v) is 10.9. The number of carbonyl (C=O) groups is 1. The maximum atomic E-state index is 13.3. The number of alkyl halides is 3. The van der Waals surface area contributed by atoms with Crippen LogP contribution in [-0.4, -0.2) is 28.5 Å². The number of aromatic nitrogens is 2. The molecule has 184 valence electrons. The number of ether oxygens (including phenoxy) is 2. The minimum Gasteiger partial charge on any atom is -0.490 e. The molecule has 0 radical (unpaired) electrons. The fraction of sp³-hybridized carbons (Fsp3) is 0.154. The fourth-order valence-electron chi connectivity index (χ4n) is 3.49. The van der Waals surface area contributed by atoms with Crippen molar-refractivity contribution in [3.05, 3.63) is 88.2 Å². The number of rotatable bonds is 6. The number of hydrogen-bond donors (Lipinski definition) is 0. The molecule has 0 atom stereocenters.